The zero-order valence-electron chi connectivity index (χ0n) is 21.6. The number of carbonyl (C=O) groups is 2. The van der Waals surface area contributed by atoms with E-state index in [0.717, 1.165) is 23.3 Å². The molecule has 1 atom stereocenters. The number of carboxylic acid groups (broad SMARTS) is 1. The second-order valence-electron chi connectivity index (χ2n) is 11.0. The lowest BCUT2D eigenvalue weighted by Crippen LogP contribution is -2.37. The first-order chi connectivity index (χ1) is 17.0. The number of aliphatic carboxylic acids is 1. The molecule has 5 nitrogen and oxygen atoms in total. The number of hydrogen-bond donors (Lipinski definition) is 1. The summed E-state index contributed by atoms with van der Waals surface area (Å²) in [6.07, 6.45) is 2.05. The van der Waals surface area contributed by atoms with Crippen molar-refractivity contribution in [3.8, 4) is 5.75 Å². The summed E-state index contributed by atoms with van der Waals surface area (Å²) in [5, 5.41) is 9.39. The highest BCUT2D eigenvalue weighted by molar-refractivity contribution is 5.96. The van der Waals surface area contributed by atoms with Gasteiger partial charge < -0.3 is 14.7 Å². The van der Waals surface area contributed by atoms with Crippen LogP contribution in [0.4, 0.5) is 0 Å². The molecule has 3 aromatic carbocycles. The normalized spacial score (nSPS) is 16.8. The third kappa shape index (κ3) is 6.14. The number of amides is 1. The van der Waals surface area contributed by atoms with Crippen molar-refractivity contribution in [2.24, 2.45) is 0 Å². The fourth-order valence-corrected chi connectivity index (χ4v) is 4.81. The van der Waals surface area contributed by atoms with Crippen LogP contribution in [0.1, 0.15) is 60.3 Å². The van der Waals surface area contributed by atoms with Gasteiger partial charge in [0.1, 0.15) is 17.9 Å². The molecule has 1 amide bonds. The van der Waals surface area contributed by atoms with Crippen LogP contribution in [0, 0.1) is 0 Å². The number of benzene rings is 3. The maximum atomic E-state index is 13.3. The molecule has 0 bridgehead atoms. The van der Waals surface area contributed by atoms with Gasteiger partial charge >= 0.3 is 5.97 Å². The van der Waals surface area contributed by atoms with Crippen molar-refractivity contribution < 1.29 is 19.4 Å². The summed E-state index contributed by atoms with van der Waals surface area (Å²) in [6.45, 7) is 8.73. The van der Waals surface area contributed by atoms with Gasteiger partial charge in [-0.15, -0.1) is 0 Å². The largest absolute Gasteiger partial charge is 0.487 e. The van der Waals surface area contributed by atoms with Gasteiger partial charge in [-0.2, -0.15) is 0 Å². The van der Waals surface area contributed by atoms with E-state index in [-0.39, 0.29) is 17.9 Å². The molecule has 5 heteroatoms. The molecule has 0 saturated heterocycles. The van der Waals surface area contributed by atoms with Gasteiger partial charge in [-0.05, 0) is 59.2 Å². The molecule has 0 spiro atoms. The molecule has 188 valence electrons. The topological polar surface area (TPSA) is 66.8 Å². The lowest BCUT2D eigenvalue weighted by Gasteiger charge is -2.25. The zero-order valence-corrected chi connectivity index (χ0v) is 21.6. The molecule has 0 aliphatic carbocycles. The van der Waals surface area contributed by atoms with Crippen LogP contribution in [0.5, 0.6) is 5.75 Å². The van der Waals surface area contributed by atoms with Crippen LogP contribution in [0.15, 0.2) is 72.8 Å². The number of ether oxygens (including phenoxy) is 1. The van der Waals surface area contributed by atoms with Crippen molar-refractivity contribution in [1.82, 2.24) is 4.90 Å². The first-order valence-electron chi connectivity index (χ1n) is 12.5. The van der Waals surface area contributed by atoms with Crippen molar-refractivity contribution in [2.75, 3.05) is 13.1 Å². The second-order valence-corrected chi connectivity index (χ2v) is 11.0. The van der Waals surface area contributed by atoms with Gasteiger partial charge in [0.15, 0.2) is 0 Å². The summed E-state index contributed by atoms with van der Waals surface area (Å²) in [5.74, 6) is -0.511. The number of carbonyl (C=O) groups excluding carboxylic acids is 1. The minimum Gasteiger partial charge on any atom is -0.487 e. The SMILES string of the molecule is CC(C)(C)c1ccc(C[C@]2(C)Cc3cc(C(=O)N(CCc4ccccc4)CC(=O)O)ccc3O2)cc1. The highest BCUT2D eigenvalue weighted by Gasteiger charge is 2.35. The van der Waals surface area contributed by atoms with Crippen molar-refractivity contribution >= 4 is 11.9 Å². The minimum absolute atomic E-state index is 0.112. The van der Waals surface area contributed by atoms with Crippen molar-refractivity contribution in [3.63, 3.8) is 0 Å². The molecule has 0 unspecified atom stereocenters. The van der Waals surface area contributed by atoms with Gasteiger partial charge in [0.05, 0.1) is 0 Å². The summed E-state index contributed by atoms with van der Waals surface area (Å²) >= 11 is 0. The Morgan fingerprint density at radius 3 is 2.31 bits per heavy atom. The molecular weight excluding hydrogens is 450 g/mol. The molecular formula is C31H35NO4. The van der Waals surface area contributed by atoms with Gasteiger partial charge in [0.25, 0.3) is 5.91 Å². The first-order valence-corrected chi connectivity index (χ1v) is 12.5. The molecule has 1 heterocycles. The third-order valence-electron chi connectivity index (χ3n) is 6.75. The fraction of sp³-hybridized carbons (Fsp3) is 0.355. The van der Waals surface area contributed by atoms with E-state index in [2.05, 4.69) is 52.0 Å². The Morgan fingerprint density at radius 1 is 0.972 bits per heavy atom. The quantitative estimate of drug-likeness (QED) is 0.445. The highest BCUT2D eigenvalue weighted by Crippen LogP contribution is 2.38. The Balaban J connectivity index is 1.46. The van der Waals surface area contributed by atoms with Gasteiger partial charge in [-0.3, -0.25) is 9.59 Å². The molecule has 0 fully saturated rings. The van der Waals surface area contributed by atoms with Crippen LogP contribution >= 0.6 is 0 Å². The lowest BCUT2D eigenvalue weighted by atomic mass is 9.85. The van der Waals surface area contributed by atoms with E-state index in [1.807, 2.05) is 42.5 Å². The van der Waals surface area contributed by atoms with Crippen LogP contribution in [0.2, 0.25) is 0 Å². The predicted molar refractivity (Wildman–Crippen MR) is 142 cm³/mol. The Morgan fingerprint density at radius 2 is 1.67 bits per heavy atom. The Kier molecular flexibility index (Phi) is 7.21. The van der Waals surface area contributed by atoms with Crippen molar-refractivity contribution in [3.05, 3.63) is 101 Å². The number of fused-ring (bicyclic) bond motifs is 1. The minimum atomic E-state index is -1.02. The second kappa shape index (κ2) is 10.2. The van der Waals surface area contributed by atoms with E-state index in [9.17, 15) is 14.7 Å². The summed E-state index contributed by atoms with van der Waals surface area (Å²) in [4.78, 5) is 26.2. The molecule has 0 saturated carbocycles. The smallest absolute Gasteiger partial charge is 0.323 e. The van der Waals surface area contributed by atoms with Gasteiger partial charge in [0.2, 0.25) is 0 Å². The van der Waals surface area contributed by atoms with E-state index >= 15 is 0 Å². The maximum Gasteiger partial charge on any atom is 0.323 e. The molecule has 1 N–H and O–H groups in total. The van der Waals surface area contributed by atoms with Crippen LogP contribution in [0.25, 0.3) is 0 Å². The van der Waals surface area contributed by atoms with Crippen molar-refractivity contribution in [1.29, 1.82) is 0 Å². The van der Waals surface area contributed by atoms with E-state index in [1.54, 1.807) is 6.07 Å². The molecule has 1 aliphatic heterocycles. The monoisotopic (exact) mass is 485 g/mol. The van der Waals surface area contributed by atoms with Crippen LogP contribution in [0.3, 0.4) is 0 Å². The average Bonchev–Trinajstić information content (AvgIpc) is 3.16. The van der Waals surface area contributed by atoms with Crippen LogP contribution in [-0.2, 0) is 29.5 Å². The number of carboxylic acids is 1. The Hall–Kier alpha value is -3.60. The zero-order chi connectivity index (χ0) is 25.9. The molecule has 4 rings (SSSR count). The summed E-state index contributed by atoms with van der Waals surface area (Å²) in [6, 6.07) is 23.9. The van der Waals surface area contributed by atoms with Crippen LogP contribution < -0.4 is 4.74 Å². The van der Waals surface area contributed by atoms with Gasteiger partial charge in [0, 0.05) is 24.9 Å². The number of hydrogen-bond acceptors (Lipinski definition) is 3. The van der Waals surface area contributed by atoms with Gasteiger partial charge in [-0.25, -0.2) is 0 Å². The number of rotatable bonds is 8. The standard InChI is InChI=1S/C31H35NO4/c1-30(2,3)26-13-10-23(11-14-26)19-31(4)20-25-18-24(12-15-27(25)36-31)29(35)32(21-28(33)34)17-16-22-8-6-5-7-9-22/h5-15,18H,16-17,19-21H2,1-4H3,(H,33,34)/t31-/m1/s1. The maximum absolute atomic E-state index is 13.3. The Bertz CT molecular complexity index is 1230. The summed E-state index contributed by atoms with van der Waals surface area (Å²) < 4.78 is 6.34. The Labute approximate surface area is 213 Å². The summed E-state index contributed by atoms with van der Waals surface area (Å²) in [7, 11) is 0. The van der Waals surface area contributed by atoms with E-state index in [0.29, 0.717) is 24.9 Å². The molecule has 3 aromatic rings. The first kappa shape index (κ1) is 25.5. The fourth-order valence-electron chi connectivity index (χ4n) is 4.81. The molecule has 36 heavy (non-hydrogen) atoms. The summed E-state index contributed by atoms with van der Waals surface area (Å²) in [5.41, 5.74) is 4.76. The van der Waals surface area contributed by atoms with E-state index < -0.39 is 11.6 Å². The van der Waals surface area contributed by atoms with E-state index in [4.69, 9.17) is 4.74 Å². The van der Waals surface area contributed by atoms with Crippen molar-refractivity contribution in [2.45, 2.75) is 58.0 Å². The average molecular weight is 486 g/mol. The molecule has 1 aliphatic rings. The lowest BCUT2D eigenvalue weighted by molar-refractivity contribution is -0.137. The molecule has 0 radical (unpaired) electrons. The van der Waals surface area contributed by atoms with Gasteiger partial charge in [-0.1, -0.05) is 75.4 Å². The highest BCUT2D eigenvalue weighted by atomic mass is 16.5. The van der Waals surface area contributed by atoms with Crippen LogP contribution in [-0.4, -0.2) is 40.6 Å². The third-order valence-corrected chi connectivity index (χ3v) is 6.75. The van der Waals surface area contributed by atoms with E-state index in [1.165, 1.54) is 16.0 Å². The predicted octanol–water partition coefficient (Wildman–Crippen LogP) is 5.69. The number of nitrogens with zero attached hydrogens (tertiary/aromatic N) is 1. The molecule has 0 aromatic heterocycles.